The maximum absolute atomic E-state index is 10.6. The van der Waals surface area contributed by atoms with E-state index in [2.05, 4.69) is 46.2 Å². The molecule has 1 aliphatic rings. The Bertz CT molecular complexity index is 635. The van der Waals surface area contributed by atoms with Crippen LogP contribution in [0.15, 0.2) is 28.7 Å². The summed E-state index contributed by atoms with van der Waals surface area (Å²) >= 11 is 3.60. The van der Waals surface area contributed by atoms with Crippen LogP contribution in [0.2, 0.25) is 0 Å². The van der Waals surface area contributed by atoms with Crippen LogP contribution in [0.4, 0.5) is 0 Å². The third kappa shape index (κ3) is 2.21. The van der Waals surface area contributed by atoms with Crippen LogP contribution >= 0.6 is 15.9 Å². The number of benzene rings is 1. The minimum absolute atomic E-state index is 0.263. The molecule has 4 heteroatoms. The van der Waals surface area contributed by atoms with Crippen LogP contribution in [0.1, 0.15) is 35.4 Å². The lowest BCUT2D eigenvalue weighted by atomic mass is 9.73. The summed E-state index contributed by atoms with van der Waals surface area (Å²) in [5.41, 5.74) is 4.76. The minimum Gasteiger partial charge on any atom is -0.392 e. The van der Waals surface area contributed by atoms with Crippen molar-refractivity contribution >= 4 is 15.9 Å². The van der Waals surface area contributed by atoms with E-state index < -0.39 is 0 Å². The van der Waals surface area contributed by atoms with E-state index in [9.17, 15) is 5.11 Å². The van der Waals surface area contributed by atoms with Gasteiger partial charge in [0.2, 0.25) is 0 Å². The van der Waals surface area contributed by atoms with Gasteiger partial charge in [-0.05, 0) is 47.3 Å². The Hall–Kier alpha value is -1.13. The average Bonchev–Trinajstić information content (AvgIpc) is 2.68. The van der Waals surface area contributed by atoms with Crippen molar-refractivity contribution in [3.63, 3.8) is 0 Å². The highest BCUT2D eigenvalue weighted by molar-refractivity contribution is 9.10. The molecule has 1 aromatic heterocycles. The highest BCUT2D eigenvalue weighted by Gasteiger charge is 2.32. The number of aliphatic hydroxyl groups excluding tert-OH is 1. The summed E-state index contributed by atoms with van der Waals surface area (Å²) in [6.07, 6.45) is 1.28. The zero-order chi connectivity index (χ0) is 14.3. The number of halogens is 1. The number of nitrogens with zero attached hydrogens (tertiary/aromatic N) is 2. The van der Waals surface area contributed by atoms with E-state index in [1.165, 1.54) is 11.1 Å². The van der Waals surface area contributed by atoms with Crippen LogP contribution in [0, 0.1) is 6.92 Å². The largest absolute Gasteiger partial charge is 0.392 e. The monoisotopic (exact) mass is 334 g/mol. The Kier molecular flexibility index (Phi) is 3.69. The minimum atomic E-state index is -0.345. The number of hydrogen-bond acceptors (Lipinski definition) is 2. The van der Waals surface area contributed by atoms with Gasteiger partial charge in [0.05, 0.1) is 22.0 Å². The highest BCUT2D eigenvalue weighted by atomic mass is 79.9. The third-order valence-electron chi connectivity index (χ3n) is 4.21. The Morgan fingerprint density at radius 2 is 2.20 bits per heavy atom. The Labute approximate surface area is 127 Å². The van der Waals surface area contributed by atoms with Gasteiger partial charge >= 0.3 is 0 Å². The van der Waals surface area contributed by atoms with Crippen LogP contribution in [0.3, 0.4) is 0 Å². The topological polar surface area (TPSA) is 38.0 Å². The van der Waals surface area contributed by atoms with E-state index in [-0.39, 0.29) is 12.0 Å². The molecule has 2 atom stereocenters. The second-order valence-electron chi connectivity index (χ2n) is 5.44. The molecule has 0 saturated carbocycles. The fourth-order valence-electron chi connectivity index (χ4n) is 3.05. The van der Waals surface area contributed by atoms with Gasteiger partial charge in [-0.25, -0.2) is 0 Å². The van der Waals surface area contributed by atoms with Crippen molar-refractivity contribution in [1.82, 2.24) is 9.78 Å². The molecule has 0 aliphatic heterocycles. The normalized spacial score (nSPS) is 18.5. The van der Waals surface area contributed by atoms with Crippen LogP contribution < -0.4 is 0 Å². The first-order valence-corrected chi connectivity index (χ1v) is 7.88. The van der Waals surface area contributed by atoms with Crippen molar-refractivity contribution in [3.8, 4) is 0 Å². The van der Waals surface area contributed by atoms with E-state index in [0.29, 0.717) is 6.42 Å². The molecule has 0 radical (unpaired) electrons. The third-order valence-corrected chi connectivity index (χ3v) is 5.25. The lowest BCUT2D eigenvalue weighted by Gasteiger charge is -2.34. The Morgan fingerprint density at radius 3 is 2.90 bits per heavy atom. The van der Waals surface area contributed by atoms with Gasteiger partial charge in [-0.1, -0.05) is 24.3 Å². The average molecular weight is 335 g/mol. The fourth-order valence-corrected chi connectivity index (χ4v) is 3.49. The molecule has 2 aromatic rings. The SMILES string of the molecule is CCn1nc(C)c(Br)c1CC(O)C1Cc2ccccc21. The molecule has 3 nitrogen and oxygen atoms in total. The van der Waals surface area contributed by atoms with Crippen molar-refractivity contribution in [1.29, 1.82) is 0 Å². The molecule has 1 N–H and O–H groups in total. The predicted molar refractivity (Wildman–Crippen MR) is 82.9 cm³/mol. The first-order valence-electron chi connectivity index (χ1n) is 7.09. The van der Waals surface area contributed by atoms with E-state index >= 15 is 0 Å². The van der Waals surface area contributed by atoms with Gasteiger partial charge in [0, 0.05) is 18.9 Å². The smallest absolute Gasteiger partial charge is 0.0738 e. The molecule has 1 aliphatic carbocycles. The maximum atomic E-state index is 10.6. The molecule has 20 heavy (non-hydrogen) atoms. The Morgan fingerprint density at radius 1 is 1.45 bits per heavy atom. The van der Waals surface area contributed by atoms with Crippen molar-refractivity contribution < 1.29 is 5.11 Å². The molecule has 2 unspecified atom stereocenters. The van der Waals surface area contributed by atoms with Crippen molar-refractivity contribution in [2.75, 3.05) is 0 Å². The van der Waals surface area contributed by atoms with Crippen molar-refractivity contribution in [2.24, 2.45) is 0 Å². The summed E-state index contributed by atoms with van der Waals surface area (Å²) in [7, 11) is 0. The van der Waals surface area contributed by atoms with Crippen molar-refractivity contribution in [3.05, 3.63) is 51.3 Å². The summed E-state index contributed by atoms with van der Waals surface area (Å²) in [5.74, 6) is 0.263. The van der Waals surface area contributed by atoms with Crippen molar-refractivity contribution in [2.45, 2.75) is 45.3 Å². The van der Waals surface area contributed by atoms with E-state index in [4.69, 9.17) is 0 Å². The molecule has 0 fully saturated rings. The van der Waals surface area contributed by atoms with Gasteiger partial charge < -0.3 is 5.11 Å². The number of hydrogen-bond donors (Lipinski definition) is 1. The number of aliphatic hydroxyl groups is 1. The highest BCUT2D eigenvalue weighted by Crippen LogP contribution is 2.38. The zero-order valence-electron chi connectivity index (χ0n) is 11.8. The van der Waals surface area contributed by atoms with Crippen LogP contribution in [0.5, 0.6) is 0 Å². The van der Waals surface area contributed by atoms with Gasteiger partial charge in [0.1, 0.15) is 0 Å². The summed E-state index contributed by atoms with van der Waals surface area (Å²) in [6.45, 7) is 4.90. The summed E-state index contributed by atoms with van der Waals surface area (Å²) in [4.78, 5) is 0. The second-order valence-corrected chi connectivity index (χ2v) is 6.24. The summed E-state index contributed by atoms with van der Waals surface area (Å²) in [5, 5.41) is 15.0. The van der Waals surface area contributed by atoms with Crippen LogP contribution in [0.25, 0.3) is 0 Å². The van der Waals surface area contributed by atoms with Gasteiger partial charge in [0.15, 0.2) is 0 Å². The molecule has 1 heterocycles. The van der Waals surface area contributed by atoms with E-state index in [0.717, 1.165) is 28.8 Å². The zero-order valence-corrected chi connectivity index (χ0v) is 13.4. The molecule has 1 aromatic carbocycles. The Balaban J connectivity index is 1.80. The molecule has 0 spiro atoms. The number of fused-ring (bicyclic) bond motifs is 1. The first-order chi connectivity index (χ1) is 9.61. The lowest BCUT2D eigenvalue weighted by molar-refractivity contribution is 0.130. The quantitative estimate of drug-likeness (QED) is 0.932. The fraction of sp³-hybridized carbons (Fsp3) is 0.438. The van der Waals surface area contributed by atoms with Crippen LogP contribution in [-0.4, -0.2) is 21.0 Å². The predicted octanol–water partition coefficient (Wildman–Crippen LogP) is 3.22. The standard InChI is InChI=1S/C16H19BrN2O/c1-3-19-14(16(17)10(2)18-19)9-15(20)13-8-11-6-4-5-7-12(11)13/h4-7,13,15,20H,3,8-9H2,1-2H3. The summed E-state index contributed by atoms with van der Waals surface area (Å²) in [6, 6.07) is 8.39. The van der Waals surface area contributed by atoms with Crippen LogP contribution in [-0.2, 0) is 19.4 Å². The number of rotatable bonds is 4. The second kappa shape index (κ2) is 5.34. The molecule has 106 valence electrons. The van der Waals surface area contributed by atoms with Gasteiger partial charge in [-0.3, -0.25) is 4.68 Å². The lowest BCUT2D eigenvalue weighted by Crippen LogP contribution is -2.31. The number of aryl methyl sites for hydroxylation is 2. The first kappa shape index (κ1) is 13.8. The van der Waals surface area contributed by atoms with E-state index in [1.807, 2.05) is 17.7 Å². The summed E-state index contributed by atoms with van der Waals surface area (Å²) < 4.78 is 3.01. The molecular formula is C16H19BrN2O. The maximum Gasteiger partial charge on any atom is 0.0738 e. The van der Waals surface area contributed by atoms with Gasteiger partial charge in [0.25, 0.3) is 0 Å². The molecular weight excluding hydrogens is 316 g/mol. The molecule has 0 bridgehead atoms. The van der Waals surface area contributed by atoms with E-state index in [1.54, 1.807) is 0 Å². The van der Waals surface area contributed by atoms with Gasteiger partial charge in [-0.15, -0.1) is 0 Å². The molecule has 3 rings (SSSR count). The molecule has 0 amide bonds. The molecule has 0 saturated heterocycles. The van der Waals surface area contributed by atoms with Gasteiger partial charge in [-0.2, -0.15) is 5.10 Å². The number of aromatic nitrogens is 2.